The van der Waals surface area contributed by atoms with Gasteiger partial charge >= 0.3 is 0 Å². The van der Waals surface area contributed by atoms with Gasteiger partial charge in [-0.2, -0.15) is 0 Å². The van der Waals surface area contributed by atoms with Crippen LogP contribution in [0.3, 0.4) is 0 Å². The molecule has 1 fully saturated rings. The van der Waals surface area contributed by atoms with Crippen LogP contribution in [0.15, 0.2) is 36.4 Å². The molecule has 30 heavy (non-hydrogen) atoms. The molecule has 0 radical (unpaired) electrons. The van der Waals surface area contributed by atoms with Crippen molar-refractivity contribution in [3.8, 4) is 11.5 Å². The molecule has 0 unspecified atom stereocenters. The van der Waals surface area contributed by atoms with Gasteiger partial charge in [0.05, 0.1) is 14.2 Å². The number of carbonyl (C=O) groups excluding carboxylic acids is 3. The van der Waals surface area contributed by atoms with E-state index in [0.717, 1.165) is 0 Å². The van der Waals surface area contributed by atoms with Gasteiger partial charge in [0, 0.05) is 36.6 Å². The molecule has 1 aliphatic carbocycles. The third-order valence-electron chi connectivity index (χ3n) is 7.04. The summed E-state index contributed by atoms with van der Waals surface area (Å²) in [6, 6.07) is 10.6. The Morgan fingerprint density at radius 3 is 1.50 bits per heavy atom. The van der Waals surface area contributed by atoms with Crippen LogP contribution in [0.1, 0.15) is 24.0 Å². The van der Waals surface area contributed by atoms with Gasteiger partial charge in [-0.25, -0.2) is 0 Å². The molecule has 2 atom stereocenters. The van der Waals surface area contributed by atoms with E-state index in [1.165, 1.54) is 9.80 Å². The molecule has 0 saturated heterocycles. The molecule has 0 bridgehead atoms. The van der Waals surface area contributed by atoms with Crippen LogP contribution in [0.25, 0.3) is 0 Å². The number of ether oxygens (including phenoxy) is 2. The summed E-state index contributed by atoms with van der Waals surface area (Å²) in [5.41, 5.74) is -0.197. The molecule has 2 aromatic carbocycles. The number of hydrogen-bond donors (Lipinski definition) is 0. The first-order valence-electron chi connectivity index (χ1n) is 9.81. The highest BCUT2D eigenvalue weighted by Crippen LogP contribution is 2.59. The number of methoxy groups -OCH3 is 2. The standard InChI is InChI=1S/C23H22N2O5/c1-24-17-7-5-13(29-3)11-15(17)22(20(24)27)9-10-23(19(22)26)16-12-14(30-4)6-8-18(16)25(2)21(23)28/h5-8,11-12H,9-10H2,1-4H3/t22-,23-/m0/s1. The molecule has 2 spiro atoms. The van der Waals surface area contributed by atoms with E-state index >= 15 is 0 Å². The van der Waals surface area contributed by atoms with Crippen molar-refractivity contribution in [2.45, 2.75) is 23.7 Å². The molecule has 2 heterocycles. The van der Waals surface area contributed by atoms with Crippen molar-refractivity contribution >= 4 is 29.0 Å². The van der Waals surface area contributed by atoms with Crippen molar-refractivity contribution in [3.05, 3.63) is 47.5 Å². The molecule has 154 valence electrons. The number of nitrogens with zero attached hydrogens (tertiary/aromatic N) is 2. The van der Waals surface area contributed by atoms with Gasteiger partial charge in [-0.05, 0) is 49.2 Å². The summed E-state index contributed by atoms with van der Waals surface area (Å²) in [5, 5.41) is 0. The zero-order valence-electron chi connectivity index (χ0n) is 17.3. The summed E-state index contributed by atoms with van der Waals surface area (Å²) in [5.74, 6) is 0.199. The second kappa shape index (κ2) is 5.84. The van der Waals surface area contributed by atoms with Gasteiger partial charge in [-0.15, -0.1) is 0 Å². The Morgan fingerprint density at radius 1 is 0.733 bits per heavy atom. The minimum atomic E-state index is -1.39. The maximum atomic E-state index is 14.2. The van der Waals surface area contributed by atoms with Gasteiger partial charge in [0.15, 0.2) is 5.78 Å². The molecular formula is C23H22N2O5. The first kappa shape index (κ1) is 18.7. The lowest BCUT2D eigenvalue weighted by molar-refractivity contribution is -0.137. The maximum absolute atomic E-state index is 14.2. The molecule has 7 heteroatoms. The third-order valence-corrected chi connectivity index (χ3v) is 7.04. The Bertz CT molecular complexity index is 1050. The maximum Gasteiger partial charge on any atom is 0.245 e. The second-order valence-electron chi connectivity index (χ2n) is 8.13. The minimum absolute atomic E-state index is 0.269. The van der Waals surface area contributed by atoms with Gasteiger partial charge in [-0.1, -0.05) is 0 Å². The normalized spacial score (nSPS) is 26.7. The Hall–Kier alpha value is -3.35. The lowest BCUT2D eigenvalue weighted by Crippen LogP contribution is -2.50. The van der Waals surface area contributed by atoms with Gasteiger partial charge in [0.2, 0.25) is 11.8 Å². The zero-order chi connectivity index (χ0) is 21.4. The van der Waals surface area contributed by atoms with Crippen LogP contribution in [0.2, 0.25) is 0 Å². The average Bonchev–Trinajstić information content (AvgIpc) is 3.28. The van der Waals surface area contributed by atoms with Crippen molar-refractivity contribution in [2.24, 2.45) is 0 Å². The molecule has 7 nitrogen and oxygen atoms in total. The number of benzene rings is 2. The van der Waals surface area contributed by atoms with Crippen LogP contribution in [0.4, 0.5) is 11.4 Å². The quantitative estimate of drug-likeness (QED) is 0.715. The Balaban J connectivity index is 1.75. The van der Waals surface area contributed by atoms with E-state index in [0.29, 0.717) is 34.0 Å². The number of fused-ring (bicyclic) bond motifs is 4. The summed E-state index contributed by atoms with van der Waals surface area (Å²) >= 11 is 0. The average molecular weight is 406 g/mol. The molecule has 2 aliphatic heterocycles. The SMILES string of the molecule is COc1ccc2c(c1)[C@]1(CC[C@@]3(C(=O)N(C)c4ccc(OC)cc43)C1=O)C(=O)N2C. The number of likely N-dealkylation sites (N-methyl/N-ethyl adjacent to an activating group) is 2. The third kappa shape index (κ3) is 1.88. The highest BCUT2D eigenvalue weighted by atomic mass is 16.5. The number of carbonyl (C=O) groups is 3. The fraction of sp³-hybridized carbons (Fsp3) is 0.348. The van der Waals surface area contributed by atoms with Gasteiger partial charge in [0.25, 0.3) is 0 Å². The van der Waals surface area contributed by atoms with Crippen molar-refractivity contribution in [1.82, 2.24) is 0 Å². The van der Waals surface area contributed by atoms with Gasteiger partial charge in [-0.3, -0.25) is 14.4 Å². The Labute approximate surface area is 174 Å². The topological polar surface area (TPSA) is 76.1 Å². The summed E-state index contributed by atoms with van der Waals surface area (Å²) in [7, 11) is 6.43. The van der Waals surface area contributed by atoms with Gasteiger partial charge in [0.1, 0.15) is 22.3 Å². The van der Waals surface area contributed by atoms with Crippen molar-refractivity contribution in [2.75, 3.05) is 38.1 Å². The van der Waals surface area contributed by atoms with Crippen LogP contribution in [-0.4, -0.2) is 45.9 Å². The van der Waals surface area contributed by atoms with Crippen LogP contribution in [0.5, 0.6) is 11.5 Å². The predicted octanol–water partition coefficient (Wildman–Crippen LogP) is 2.20. The molecular weight excluding hydrogens is 384 g/mol. The predicted molar refractivity (Wildman–Crippen MR) is 110 cm³/mol. The number of rotatable bonds is 2. The Morgan fingerprint density at radius 2 is 1.13 bits per heavy atom. The Kier molecular flexibility index (Phi) is 3.63. The van der Waals surface area contributed by atoms with E-state index < -0.39 is 10.8 Å². The molecule has 0 N–H and O–H groups in total. The largest absolute Gasteiger partial charge is 0.497 e. The lowest BCUT2D eigenvalue weighted by atomic mass is 9.72. The van der Waals surface area contributed by atoms with E-state index in [1.807, 2.05) is 0 Å². The highest BCUT2D eigenvalue weighted by molar-refractivity contribution is 6.34. The lowest BCUT2D eigenvalue weighted by Gasteiger charge is -2.26. The van der Waals surface area contributed by atoms with E-state index in [4.69, 9.17) is 9.47 Å². The fourth-order valence-corrected chi connectivity index (χ4v) is 5.46. The molecule has 2 aromatic rings. The molecule has 2 amide bonds. The molecule has 3 aliphatic rings. The first-order valence-corrected chi connectivity index (χ1v) is 9.81. The summed E-state index contributed by atoms with van der Waals surface area (Å²) < 4.78 is 10.7. The van der Waals surface area contributed by atoms with E-state index in [-0.39, 0.29) is 30.4 Å². The van der Waals surface area contributed by atoms with E-state index in [2.05, 4.69) is 0 Å². The van der Waals surface area contributed by atoms with E-state index in [1.54, 1.807) is 64.7 Å². The number of ketones is 1. The van der Waals surface area contributed by atoms with Crippen LogP contribution in [-0.2, 0) is 25.2 Å². The van der Waals surface area contributed by atoms with Crippen LogP contribution < -0.4 is 19.3 Å². The van der Waals surface area contributed by atoms with Gasteiger partial charge < -0.3 is 19.3 Å². The van der Waals surface area contributed by atoms with Crippen molar-refractivity contribution < 1.29 is 23.9 Å². The first-order chi connectivity index (χ1) is 14.3. The number of anilines is 2. The molecule has 1 saturated carbocycles. The highest BCUT2D eigenvalue weighted by Gasteiger charge is 2.71. The summed E-state index contributed by atoms with van der Waals surface area (Å²) in [6.45, 7) is 0. The smallest absolute Gasteiger partial charge is 0.245 e. The fourth-order valence-electron chi connectivity index (χ4n) is 5.46. The number of amides is 2. The van der Waals surface area contributed by atoms with E-state index in [9.17, 15) is 14.4 Å². The number of hydrogen-bond acceptors (Lipinski definition) is 5. The molecule has 5 rings (SSSR count). The minimum Gasteiger partial charge on any atom is -0.497 e. The number of Topliss-reactive ketones (excluding diaryl/α,β-unsaturated/α-hetero) is 1. The van der Waals surface area contributed by atoms with Crippen LogP contribution >= 0.6 is 0 Å². The van der Waals surface area contributed by atoms with Crippen LogP contribution in [0, 0.1) is 0 Å². The molecule has 0 aromatic heterocycles. The monoisotopic (exact) mass is 406 g/mol. The second-order valence-corrected chi connectivity index (χ2v) is 8.13. The van der Waals surface area contributed by atoms with Crippen molar-refractivity contribution in [3.63, 3.8) is 0 Å². The summed E-state index contributed by atoms with van der Waals surface area (Å²) in [4.78, 5) is 44.2. The van der Waals surface area contributed by atoms with Crippen molar-refractivity contribution in [1.29, 1.82) is 0 Å². The summed E-state index contributed by atoms with van der Waals surface area (Å²) in [6.07, 6.45) is 0.539. The zero-order valence-corrected chi connectivity index (χ0v) is 17.3.